The molecule has 1 N–H and O–H groups in total. The minimum Gasteiger partial charge on any atom is -0.454 e. The number of nitrogens with one attached hydrogen (secondary N) is 1. The van der Waals surface area contributed by atoms with E-state index in [1.54, 1.807) is 48.5 Å². The van der Waals surface area contributed by atoms with Crippen molar-refractivity contribution in [2.75, 3.05) is 12.1 Å². The first-order valence-corrected chi connectivity index (χ1v) is 7.59. The van der Waals surface area contributed by atoms with Gasteiger partial charge in [-0.25, -0.2) is 0 Å². The third-order valence-electron chi connectivity index (χ3n) is 3.78. The number of hydrogen-bond donors (Lipinski definition) is 1. The summed E-state index contributed by atoms with van der Waals surface area (Å²) in [6.45, 7) is 0.181. The van der Waals surface area contributed by atoms with E-state index >= 15 is 0 Å². The summed E-state index contributed by atoms with van der Waals surface area (Å²) in [6.07, 6.45) is 0.639. The minimum atomic E-state index is -0.261. The average molecular weight is 335 g/mol. The molecule has 0 fully saturated rings. The first-order chi connectivity index (χ1) is 12.2. The van der Waals surface area contributed by atoms with Crippen LogP contribution in [-0.4, -0.2) is 19.0 Å². The second-order valence-corrected chi connectivity index (χ2v) is 5.42. The lowest BCUT2D eigenvalue weighted by Crippen LogP contribution is -2.11. The van der Waals surface area contributed by atoms with Gasteiger partial charge in [0, 0.05) is 22.9 Å². The number of anilines is 1. The molecule has 2 aromatic carbocycles. The maximum atomic E-state index is 12.5. The summed E-state index contributed by atoms with van der Waals surface area (Å²) in [6, 6.07) is 15.5. The van der Waals surface area contributed by atoms with Crippen LogP contribution in [-0.2, 0) is 0 Å². The Morgan fingerprint density at radius 3 is 2.72 bits per heavy atom. The molecule has 0 aliphatic carbocycles. The molecule has 0 atom stereocenters. The van der Waals surface area contributed by atoms with E-state index in [-0.39, 0.29) is 18.5 Å². The van der Waals surface area contributed by atoms with Gasteiger partial charge in [-0.1, -0.05) is 12.1 Å². The van der Waals surface area contributed by atoms with Gasteiger partial charge in [0.2, 0.25) is 6.79 Å². The largest absolute Gasteiger partial charge is 0.454 e. The van der Waals surface area contributed by atoms with E-state index < -0.39 is 0 Å². The number of rotatable bonds is 4. The van der Waals surface area contributed by atoms with Gasteiger partial charge in [0.05, 0.1) is 0 Å². The Balaban J connectivity index is 1.56. The number of aldehydes is 1. The molecule has 1 aliphatic heterocycles. The monoisotopic (exact) mass is 335 g/mol. The van der Waals surface area contributed by atoms with Gasteiger partial charge in [0.1, 0.15) is 5.76 Å². The third-order valence-corrected chi connectivity index (χ3v) is 3.78. The van der Waals surface area contributed by atoms with Crippen LogP contribution in [0.1, 0.15) is 20.9 Å². The number of fused-ring (bicyclic) bond motifs is 1. The Hall–Kier alpha value is -3.54. The van der Waals surface area contributed by atoms with Gasteiger partial charge in [-0.3, -0.25) is 9.59 Å². The number of ether oxygens (including phenoxy) is 2. The maximum Gasteiger partial charge on any atom is 0.255 e. The van der Waals surface area contributed by atoms with Crippen LogP contribution in [0, 0.1) is 0 Å². The Morgan fingerprint density at radius 1 is 1.00 bits per heavy atom. The Kier molecular flexibility index (Phi) is 3.70. The van der Waals surface area contributed by atoms with Crippen LogP contribution in [0.25, 0.3) is 11.3 Å². The molecule has 3 aromatic rings. The lowest BCUT2D eigenvalue weighted by Gasteiger charge is -2.07. The maximum absolute atomic E-state index is 12.5. The smallest absolute Gasteiger partial charge is 0.255 e. The first kappa shape index (κ1) is 15.0. The summed E-state index contributed by atoms with van der Waals surface area (Å²) in [5.74, 6) is 1.76. The molecule has 0 saturated carbocycles. The first-order valence-electron chi connectivity index (χ1n) is 7.59. The van der Waals surface area contributed by atoms with E-state index in [4.69, 9.17) is 13.9 Å². The van der Waals surface area contributed by atoms with Crippen LogP contribution in [0.2, 0.25) is 0 Å². The number of amides is 1. The van der Waals surface area contributed by atoms with Gasteiger partial charge in [-0.15, -0.1) is 0 Å². The molecule has 0 radical (unpaired) electrons. The van der Waals surface area contributed by atoms with Crippen LogP contribution in [0.4, 0.5) is 5.69 Å². The summed E-state index contributed by atoms with van der Waals surface area (Å²) in [7, 11) is 0. The summed E-state index contributed by atoms with van der Waals surface area (Å²) in [5, 5.41) is 2.82. The zero-order chi connectivity index (χ0) is 17.2. The zero-order valence-corrected chi connectivity index (χ0v) is 13.0. The number of carbonyl (C=O) groups excluding carboxylic acids is 2. The van der Waals surface area contributed by atoms with Crippen molar-refractivity contribution in [1.82, 2.24) is 0 Å². The molecule has 124 valence electrons. The minimum absolute atomic E-state index is 0.181. The van der Waals surface area contributed by atoms with Crippen LogP contribution in [0.15, 0.2) is 59.0 Å². The van der Waals surface area contributed by atoms with Gasteiger partial charge < -0.3 is 19.2 Å². The SMILES string of the molecule is O=Cc1ccc(-c2cccc(C(=O)Nc3ccc4c(c3)OCO4)c2)o1. The van der Waals surface area contributed by atoms with E-state index in [0.717, 1.165) is 0 Å². The fourth-order valence-corrected chi connectivity index (χ4v) is 2.56. The molecular formula is C19H13NO5. The highest BCUT2D eigenvalue weighted by Crippen LogP contribution is 2.34. The molecule has 0 spiro atoms. The van der Waals surface area contributed by atoms with Crippen molar-refractivity contribution in [3.05, 3.63) is 65.9 Å². The van der Waals surface area contributed by atoms with Crippen molar-refractivity contribution in [2.24, 2.45) is 0 Å². The summed E-state index contributed by atoms with van der Waals surface area (Å²) < 4.78 is 15.9. The molecular weight excluding hydrogens is 322 g/mol. The van der Waals surface area contributed by atoms with Crippen LogP contribution >= 0.6 is 0 Å². The molecule has 25 heavy (non-hydrogen) atoms. The molecule has 6 heteroatoms. The highest BCUT2D eigenvalue weighted by Gasteiger charge is 2.15. The summed E-state index contributed by atoms with van der Waals surface area (Å²) in [4.78, 5) is 23.2. The molecule has 2 heterocycles. The molecule has 4 rings (SSSR count). The van der Waals surface area contributed by atoms with E-state index in [2.05, 4.69) is 5.32 Å². The van der Waals surface area contributed by atoms with E-state index in [1.165, 1.54) is 0 Å². The quantitative estimate of drug-likeness (QED) is 0.735. The van der Waals surface area contributed by atoms with Crippen molar-refractivity contribution in [3.63, 3.8) is 0 Å². The van der Waals surface area contributed by atoms with Crippen LogP contribution in [0.5, 0.6) is 11.5 Å². The van der Waals surface area contributed by atoms with Gasteiger partial charge in [-0.05, 0) is 36.4 Å². The fraction of sp³-hybridized carbons (Fsp3) is 0.0526. The van der Waals surface area contributed by atoms with E-state index in [0.29, 0.717) is 40.4 Å². The normalized spacial score (nSPS) is 12.0. The molecule has 1 aliphatic rings. The van der Waals surface area contributed by atoms with Crippen molar-refractivity contribution in [2.45, 2.75) is 0 Å². The number of carbonyl (C=O) groups is 2. The van der Waals surface area contributed by atoms with Crippen LogP contribution in [0.3, 0.4) is 0 Å². The van der Waals surface area contributed by atoms with E-state index in [9.17, 15) is 9.59 Å². The predicted molar refractivity (Wildman–Crippen MR) is 90.0 cm³/mol. The second-order valence-electron chi connectivity index (χ2n) is 5.42. The summed E-state index contributed by atoms with van der Waals surface area (Å²) >= 11 is 0. The lowest BCUT2D eigenvalue weighted by atomic mass is 10.1. The van der Waals surface area contributed by atoms with Gasteiger partial charge in [0.15, 0.2) is 23.5 Å². The Bertz CT molecular complexity index is 960. The van der Waals surface area contributed by atoms with Crippen LogP contribution < -0.4 is 14.8 Å². The fourth-order valence-electron chi connectivity index (χ4n) is 2.56. The predicted octanol–water partition coefficient (Wildman–Crippen LogP) is 3.74. The number of furan rings is 1. The molecule has 1 aromatic heterocycles. The number of benzene rings is 2. The Morgan fingerprint density at radius 2 is 1.88 bits per heavy atom. The van der Waals surface area contributed by atoms with E-state index in [1.807, 2.05) is 6.07 Å². The Labute approximate surface area is 143 Å². The van der Waals surface area contributed by atoms with Gasteiger partial charge in [0.25, 0.3) is 5.91 Å². The molecule has 0 unspecified atom stereocenters. The lowest BCUT2D eigenvalue weighted by molar-refractivity contribution is 0.102. The highest BCUT2D eigenvalue weighted by molar-refractivity contribution is 6.05. The van der Waals surface area contributed by atoms with Gasteiger partial charge in [-0.2, -0.15) is 0 Å². The third kappa shape index (κ3) is 2.97. The second kappa shape index (κ2) is 6.16. The van der Waals surface area contributed by atoms with Gasteiger partial charge >= 0.3 is 0 Å². The van der Waals surface area contributed by atoms with Crippen molar-refractivity contribution >= 4 is 17.9 Å². The topological polar surface area (TPSA) is 77.8 Å². The molecule has 0 bridgehead atoms. The summed E-state index contributed by atoms with van der Waals surface area (Å²) in [5.41, 5.74) is 1.80. The van der Waals surface area contributed by atoms with Crippen molar-refractivity contribution < 1.29 is 23.5 Å². The molecule has 1 amide bonds. The number of hydrogen-bond acceptors (Lipinski definition) is 5. The van der Waals surface area contributed by atoms with Crippen molar-refractivity contribution in [1.29, 1.82) is 0 Å². The molecule has 6 nitrogen and oxygen atoms in total. The van der Waals surface area contributed by atoms with Crippen molar-refractivity contribution in [3.8, 4) is 22.8 Å². The zero-order valence-electron chi connectivity index (χ0n) is 13.0. The average Bonchev–Trinajstić information content (AvgIpc) is 3.30. The highest BCUT2D eigenvalue weighted by atomic mass is 16.7. The standard InChI is InChI=1S/C19H13NO5/c21-10-15-5-7-16(25-15)12-2-1-3-13(8-12)19(22)20-14-4-6-17-18(9-14)24-11-23-17/h1-10H,11H2,(H,20,22). The molecule has 0 saturated heterocycles.